The summed E-state index contributed by atoms with van der Waals surface area (Å²) in [6, 6.07) is 4.86. The van der Waals surface area contributed by atoms with Crippen molar-refractivity contribution in [1.82, 2.24) is 15.5 Å². The average Bonchev–Trinajstić information content (AvgIpc) is 2.74. The number of ether oxygens (including phenoxy) is 2. The number of aryl methyl sites for hydroxylation is 1. The van der Waals surface area contributed by atoms with Gasteiger partial charge in [-0.1, -0.05) is 24.3 Å². The molecule has 1 aromatic rings. The van der Waals surface area contributed by atoms with Crippen LogP contribution in [0.5, 0.6) is 0 Å². The van der Waals surface area contributed by atoms with Gasteiger partial charge < -0.3 is 25.0 Å². The summed E-state index contributed by atoms with van der Waals surface area (Å²) < 4.78 is 10.2. The first kappa shape index (κ1) is 30.3. The Hall–Kier alpha value is -2.75. The maximum absolute atomic E-state index is 13.7. The first-order chi connectivity index (χ1) is 16.3. The van der Waals surface area contributed by atoms with Crippen LogP contribution in [0.3, 0.4) is 0 Å². The van der Waals surface area contributed by atoms with E-state index in [1.54, 1.807) is 53.7 Å². The van der Waals surface area contributed by atoms with Gasteiger partial charge in [-0.05, 0) is 59.6 Å². The largest absolute Gasteiger partial charge is 0.466 e. The normalized spacial score (nSPS) is 12.9. The fraction of sp³-hybridized carbons (Fsp3) is 0.600. The molecule has 196 valence electrons. The third-order valence-electron chi connectivity index (χ3n) is 4.93. The zero-order chi connectivity index (χ0) is 26.8. The maximum Gasteiger partial charge on any atom is 0.408 e. The van der Waals surface area contributed by atoms with Crippen LogP contribution < -0.4 is 10.6 Å². The molecule has 0 spiro atoms. The van der Waals surface area contributed by atoms with Crippen LogP contribution in [0, 0.1) is 6.92 Å². The number of nitrogens with zero attached hydrogens (tertiary/aromatic N) is 1. The standard InChI is InChI=1S/C25H39N3O6S/c1-8-33-20(29)13-14-26-22(30)21(18-12-10-9-11-17(18)4)28(16(2)3)23(31)19(15-35)27-24(32)34-25(5,6)7/h9-12,16,19,21,35H,8,13-15H2,1-7H3,(H,26,30)(H,27,32). The number of esters is 1. The van der Waals surface area contributed by atoms with E-state index in [0.717, 1.165) is 5.56 Å². The molecule has 0 radical (unpaired) electrons. The highest BCUT2D eigenvalue weighted by Gasteiger charge is 2.37. The van der Waals surface area contributed by atoms with E-state index in [2.05, 4.69) is 23.3 Å². The van der Waals surface area contributed by atoms with Gasteiger partial charge in [0.05, 0.1) is 13.0 Å². The molecule has 0 fully saturated rings. The van der Waals surface area contributed by atoms with Gasteiger partial charge in [-0.25, -0.2) is 4.79 Å². The Morgan fingerprint density at radius 1 is 1.11 bits per heavy atom. The molecule has 9 nitrogen and oxygen atoms in total. The van der Waals surface area contributed by atoms with Crippen molar-refractivity contribution in [2.45, 2.75) is 78.6 Å². The van der Waals surface area contributed by atoms with Crippen LogP contribution in [-0.4, -0.2) is 65.4 Å². The molecular formula is C25H39N3O6S. The van der Waals surface area contributed by atoms with E-state index >= 15 is 0 Å². The van der Waals surface area contributed by atoms with Crippen LogP contribution in [-0.2, 0) is 23.9 Å². The van der Waals surface area contributed by atoms with Gasteiger partial charge in [-0.3, -0.25) is 14.4 Å². The topological polar surface area (TPSA) is 114 Å². The smallest absolute Gasteiger partial charge is 0.408 e. The zero-order valence-electron chi connectivity index (χ0n) is 21.7. The monoisotopic (exact) mass is 509 g/mol. The molecule has 0 heterocycles. The molecule has 0 aliphatic rings. The Morgan fingerprint density at radius 3 is 2.26 bits per heavy atom. The van der Waals surface area contributed by atoms with Crippen molar-refractivity contribution in [3.05, 3.63) is 35.4 Å². The summed E-state index contributed by atoms with van der Waals surface area (Å²) >= 11 is 4.26. The Bertz CT molecular complexity index is 884. The number of carbonyl (C=O) groups is 4. The van der Waals surface area contributed by atoms with E-state index < -0.39 is 47.6 Å². The van der Waals surface area contributed by atoms with Gasteiger partial charge in [-0.15, -0.1) is 0 Å². The van der Waals surface area contributed by atoms with Gasteiger partial charge in [0.15, 0.2) is 0 Å². The van der Waals surface area contributed by atoms with Crippen molar-refractivity contribution < 1.29 is 28.7 Å². The molecule has 0 saturated carbocycles. The summed E-state index contributed by atoms with van der Waals surface area (Å²) in [5.41, 5.74) is 0.714. The Labute approximate surface area is 213 Å². The van der Waals surface area contributed by atoms with E-state index in [9.17, 15) is 19.2 Å². The number of amides is 3. The molecule has 0 aliphatic carbocycles. The highest BCUT2D eigenvalue weighted by molar-refractivity contribution is 7.80. The Balaban J connectivity index is 3.28. The zero-order valence-corrected chi connectivity index (χ0v) is 22.6. The lowest BCUT2D eigenvalue weighted by Crippen LogP contribution is -2.55. The third-order valence-corrected chi connectivity index (χ3v) is 5.29. The van der Waals surface area contributed by atoms with Crippen molar-refractivity contribution in [2.24, 2.45) is 0 Å². The summed E-state index contributed by atoms with van der Waals surface area (Å²) in [5, 5.41) is 5.32. The summed E-state index contributed by atoms with van der Waals surface area (Å²) in [6.45, 7) is 12.6. The van der Waals surface area contributed by atoms with E-state index in [-0.39, 0.29) is 25.3 Å². The first-order valence-corrected chi connectivity index (χ1v) is 12.4. The van der Waals surface area contributed by atoms with Crippen molar-refractivity contribution in [3.63, 3.8) is 0 Å². The lowest BCUT2D eigenvalue weighted by Gasteiger charge is -2.37. The molecule has 0 bridgehead atoms. The van der Waals surface area contributed by atoms with Crippen LogP contribution >= 0.6 is 12.6 Å². The maximum atomic E-state index is 13.7. The molecule has 35 heavy (non-hydrogen) atoms. The lowest BCUT2D eigenvalue weighted by atomic mass is 9.97. The van der Waals surface area contributed by atoms with Gasteiger partial charge in [0.2, 0.25) is 11.8 Å². The quantitative estimate of drug-likeness (QED) is 0.312. The minimum absolute atomic E-state index is 0.00622. The average molecular weight is 510 g/mol. The fourth-order valence-electron chi connectivity index (χ4n) is 3.42. The minimum atomic E-state index is -1.02. The number of rotatable bonds is 11. The van der Waals surface area contributed by atoms with Crippen LogP contribution in [0.15, 0.2) is 24.3 Å². The predicted molar refractivity (Wildman–Crippen MR) is 137 cm³/mol. The third kappa shape index (κ3) is 9.79. The highest BCUT2D eigenvalue weighted by atomic mass is 32.1. The van der Waals surface area contributed by atoms with E-state index in [1.807, 2.05) is 19.1 Å². The van der Waals surface area contributed by atoms with Gasteiger partial charge >= 0.3 is 12.1 Å². The molecule has 2 unspecified atom stereocenters. The van der Waals surface area contributed by atoms with Crippen molar-refractivity contribution in [2.75, 3.05) is 18.9 Å². The molecule has 1 aromatic carbocycles. The van der Waals surface area contributed by atoms with E-state index in [0.29, 0.717) is 5.56 Å². The van der Waals surface area contributed by atoms with Crippen LogP contribution in [0.2, 0.25) is 0 Å². The summed E-state index contributed by atoms with van der Waals surface area (Å²) in [4.78, 5) is 52.6. The molecule has 3 amide bonds. The summed E-state index contributed by atoms with van der Waals surface area (Å²) in [5.74, 6) is -1.34. The molecule has 2 atom stereocenters. The minimum Gasteiger partial charge on any atom is -0.466 e. The number of benzene rings is 1. The van der Waals surface area contributed by atoms with Crippen molar-refractivity contribution >= 4 is 36.5 Å². The number of hydrogen-bond acceptors (Lipinski definition) is 7. The van der Waals surface area contributed by atoms with Crippen LogP contribution in [0.25, 0.3) is 0 Å². The number of carbonyl (C=O) groups excluding carboxylic acids is 4. The number of alkyl carbamates (subject to hydrolysis) is 1. The SMILES string of the molecule is CCOC(=O)CCNC(=O)C(c1ccccc1C)N(C(=O)C(CS)NC(=O)OC(C)(C)C)C(C)C. The summed E-state index contributed by atoms with van der Waals surface area (Å²) in [6.07, 6.45) is -0.741. The second kappa shape index (κ2) is 14.0. The number of hydrogen-bond donors (Lipinski definition) is 3. The second-order valence-corrected chi connectivity index (χ2v) is 9.69. The number of nitrogens with one attached hydrogen (secondary N) is 2. The van der Waals surface area contributed by atoms with Gasteiger partial charge in [-0.2, -0.15) is 12.6 Å². The Kier molecular flexibility index (Phi) is 12.1. The second-order valence-electron chi connectivity index (χ2n) is 9.33. The van der Waals surface area contributed by atoms with Crippen LogP contribution in [0.4, 0.5) is 4.79 Å². The molecule has 2 N–H and O–H groups in total. The van der Waals surface area contributed by atoms with Crippen molar-refractivity contribution in [1.29, 1.82) is 0 Å². The first-order valence-electron chi connectivity index (χ1n) is 11.7. The van der Waals surface area contributed by atoms with Crippen molar-refractivity contribution in [3.8, 4) is 0 Å². The highest BCUT2D eigenvalue weighted by Crippen LogP contribution is 2.27. The fourth-order valence-corrected chi connectivity index (χ4v) is 3.67. The van der Waals surface area contributed by atoms with Crippen LogP contribution in [0.1, 0.15) is 65.1 Å². The molecule has 1 rings (SSSR count). The predicted octanol–water partition coefficient (Wildman–Crippen LogP) is 3.17. The van der Waals surface area contributed by atoms with Gasteiger partial charge in [0.1, 0.15) is 17.7 Å². The molecular weight excluding hydrogens is 470 g/mol. The molecule has 0 aromatic heterocycles. The number of thiol groups is 1. The lowest BCUT2D eigenvalue weighted by molar-refractivity contribution is -0.145. The molecule has 0 aliphatic heterocycles. The molecule has 10 heteroatoms. The van der Waals surface area contributed by atoms with Gasteiger partial charge in [0, 0.05) is 18.3 Å². The summed E-state index contributed by atoms with van der Waals surface area (Å²) in [7, 11) is 0. The molecule has 0 saturated heterocycles. The van der Waals surface area contributed by atoms with Gasteiger partial charge in [0.25, 0.3) is 0 Å². The Morgan fingerprint density at radius 2 is 1.74 bits per heavy atom. The van der Waals surface area contributed by atoms with E-state index in [4.69, 9.17) is 9.47 Å². The van der Waals surface area contributed by atoms with E-state index in [1.165, 1.54) is 4.90 Å².